The van der Waals surface area contributed by atoms with Crippen LogP contribution in [0.5, 0.6) is 0 Å². The van der Waals surface area contributed by atoms with Gasteiger partial charge in [0.1, 0.15) is 0 Å². The number of nitrogens with one attached hydrogen (secondary N) is 2. The summed E-state index contributed by atoms with van der Waals surface area (Å²) >= 11 is 0. The lowest BCUT2D eigenvalue weighted by molar-refractivity contribution is -0.149. The molecule has 0 atom stereocenters. The summed E-state index contributed by atoms with van der Waals surface area (Å²) in [6, 6.07) is 0.500. The number of nitrogens with zero attached hydrogens (tertiary/aromatic N) is 1. The van der Waals surface area contributed by atoms with Crippen molar-refractivity contribution in [2.24, 2.45) is 5.92 Å². The zero-order valence-electron chi connectivity index (χ0n) is 11.7. The minimum atomic E-state index is -0.0216. The van der Waals surface area contributed by atoms with E-state index in [0.717, 1.165) is 37.9 Å². The molecule has 1 aliphatic rings. The van der Waals surface area contributed by atoms with Gasteiger partial charge in [0.05, 0.1) is 18.7 Å². The maximum atomic E-state index is 11.6. The van der Waals surface area contributed by atoms with Gasteiger partial charge < -0.3 is 10.1 Å². The second-order valence-electron chi connectivity index (χ2n) is 5.20. The number of carbonyl (C=O) groups is 1. The molecule has 106 valence electrons. The van der Waals surface area contributed by atoms with Crippen molar-refractivity contribution in [2.45, 2.75) is 52.1 Å². The molecule has 2 N–H and O–H groups in total. The van der Waals surface area contributed by atoms with Gasteiger partial charge in [-0.25, -0.2) is 0 Å². The van der Waals surface area contributed by atoms with E-state index in [0.29, 0.717) is 12.6 Å². The fourth-order valence-electron chi connectivity index (χ4n) is 2.60. The lowest BCUT2D eigenvalue weighted by atomic mass is 9.86. The van der Waals surface area contributed by atoms with E-state index in [1.54, 1.807) is 0 Å². The molecule has 1 aromatic heterocycles. The number of aromatic amines is 1. The zero-order valence-corrected chi connectivity index (χ0v) is 11.7. The molecule has 1 heterocycles. The molecule has 1 aromatic rings. The van der Waals surface area contributed by atoms with E-state index in [4.69, 9.17) is 4.74 Å². The second kappa shape index (κ2) is 6.70. The van der Waals surface area contributed by atoms with Crippen molar-refractivity contribution < 1.29 is 9.53 Å². The van der Waals surface area contributed by atoms with Crippen molar-refractivity contribution in [2.75, 3.05) is 6.61 Å². The van der Waals surface area contributed by atoms with Crippen LogP contribution in [0.4, 0.5) is 0 Å². The van der Waals surface area contributed by atoms with Crippen LogP contribution in [0.2, 0.25) is 0 Å². The van der Waals surface area contributed by atoms with Crippen molar-refractivity contribution in [3.8, 4) is 0 Å². The normalized spacial score (nSPS) is 23.3. The molecule has 0 unspecified atom stereocenters. The Morgan fingerprint density at radius 1 is 1.47 bits per heavy atom. The highest BCUT2D eigenvalue weighted by Gasteiger charge is 2.26. The molecule has 0 amide bonds. The predicted molar refractivity (Wildman–Crippen MR) is 72.5 cm³/mol. The van der Waals surface area contributed by atoms with Crippen LogP contribution in [-0.4, -0.2) is 28.8 Å². The van der Waals surface area contributed by atoms with Crippen LogP contribution in [0.1, 0.15) is 43.9 Å². The molecule has 0 aromatic carbocycles. The van der Waals surface area contributed by atoms with Crippen LogP contribution in [0.25, 0.3) is 0 Å². The average molecular weight is 265 g/mol. The van der Waals surface area contributed by atoms with E-state index in [1.165, 1.54) is 5.56 Å². The quantitative estimate of drug-likeness (QED) is 0.798. The topological polar surface area (TPSA) is 67.0 Å². The summed E-state index contributed by atoms with van der Waals surface area (Å²) in [5, 5.41) is 10.5. The van der Waals surface area contributed by atoms with Crippen LogP contribution >= 0.6 is 0 Å². The lowest BCUT2D eigenvalue weighted by Crippen LogP contribution is -2.35. The number of carbonyl (C=O) groups excluding carboxylic acids is 1. The van der Waals surface area contributed by atoms with Crippen molar-refractivity contribution in [3.63, 3.8) is 0 Å². The van der Waals surface area contributed by atoms with Gasteiger partial charge in [-0.3, -0.25) is 9.89 Å². The van der Waals surface area contributed by atoms with Gasteiger partial charge in [0.25, 0.3) is 0 Å². The monoisotopic (exact) mass is 265 g/mol. The summed E-state index contributed by atoms with van der Waals surface area (Å²) in [6.07, 6.45) is 5.81. The van der Waals surface area contributed by atoms with Gasteiger partial charge in [0.2, 0.25) is 0 Å². The van der Waals surface area contributed by atoms with Gasteiger partial charge in [-0.2, -0.15) is 5.10 Å². The Hall–Kier alpha value is -1.36. The Morgan fingerprint density at radius 3 is 2.79 bits per heavy atom. The fraction of sp³-hybridized carbons (Fsp3) is 0.714. The third-order valence-electron chi connectivity index (χ3n) is 3.86. The van der Waals surface area contributed by atoms with Gasteiger partial charge in [-0.05, 0) is 39.5 Å². The van der Waals surface area contributed by atoms with Crippen LogP contribution in [0.15, 0.2) is 6.20 Å². The molecule has 1 fully saturated rings. The fourth-order valence-corrected chi connectivity index (χ4v) is 2.60. The number of hydrogen-bond donors (Lipinski definition) is 2. The summed E-state index contributed by atoms with van der Waals surface area (Å²) in [4.78, 5) is 11.6. The minimum Gasteiger partial charge on any atom is -0.466 e. The van der Waals surface area contributed by atoms with Crippen molar-refractivity contribution in [3.05, 3.63) is 17.5 Å². The number of rotatable bonds is 5. The second-order valence-corrected chi connectivity index (χ2v) is 5.20. The Balaban J connectivity index is 1.72. The van der Waals surface area contributed by atoms with Crippen LogP contribution in [-0.2, 0) is 16.1 Å². The van der Waals surface area contributed by atoms with E-state index in [9.17, 15) is 4.79 Å². The van der Waals surface area contributed by atoms with E-state index in [-0.39, 0.29) is 11.9 Å². The molecule has 0 bridgehead atoms. The summed E-state index contributed by atoms with van der Waals surface area (Å²) in [5.74, 6) is 0.0836. The number of esters is 1. The molecular formula is C14H23N3O2. The standard InChI is InChI=1S/C14H23N3O2/c1-3-19-14(18)11-4-6-13(7-5-11)15-8-12-9-16-17-10(12)2/h9,11,13,15H,3-8H2,1-2H3,(H,16,17). The third kappa shape index (κ3) is 3.80. The molecule has 1 saturated carbocycles. The van der Waals surface area contributed by atoms with Gasteiger partial charge >= 0.3 is 5.97 Å². The lowest BCUT2D eigenvalue weighted by Gasteiger charge is -2.27. The van der Waals surface area contributed by atoms with Gasteiger partial charge in [0.15, 0.2) is 0 Å². The highest BCUT2D eigenvalue weighted by atomic mass is 16.5. The van der Waals surface area contributed by atoms with Gasteiger partial charge in [0, 0.05) is 23.8 Å². The smallest absolute Gasteiger partial charge is 0.308 e. The number of hydrogen-bond acceptors (Lipinski definition) is 4. The Labute approximate surface area is 114 Å². The Bertz CT molecular complexity index is 409. The first-order chi connectivity index (χ1) is 9.20. The molecular weight excluding hydrogens is 242 g/mol. The number of aryl methyl sites for hydroxylation is 1. The minimum absolute atomic E-state index is 0.0216. The Morgan fingerprint density at radius 2 is 2.21 bits per heavy atom. The van der Waals surface area contributed by atoms with Crippen LogP contribution < -0.4 is 5.32 Å². The molecule has 0 aliphatic heterocycles. The van der Waals surface area contributed by atoms with E-state index in [2.05, 4.69) is 15.5 Å². The van der Waals surface area contributed by atoms with Gasteiger partial charge in [-0.1, -0.05) is 0 Å². The SMILES string of the molecule is CCOC(=O)C1CCC(NCc2cn[nH]c2C)CC1. The summed E-state index contributed by atoms with van der Waals surface area (Å²) in [6.45, 7) is 5.22. The van der Waals surface area contributed by atoms with E-state index < -0.39 is 0 Å². The molecule has 0 saturated heterocycles. The first kappa shape index (κ1) is 14.1. The summed E-state index contributed by atoms with van der Waals surface area (Å²) in [7, 11) is 0. The molecule has 19 heavy (non-hydrogen) atoms. The first-order valence-electron chi connectivity index (χ1n) is 7.09. The molecule has 5 nitrogen and oxygen atoms in total. The molecule has 1 aliphatic carbocycles. The maximum Gasteiger partial charge on any atom is 0.308 e. The summed E-state index contributed by atoms with van der Waals surface area (Å²) < 4.78 is 5.08. The first-order valence-corrected chi connectivity index (χ1v) is 7.09. The van der Waals surface area contributed by atoms with E-state index in [1.807, 2.05) is 20.0 Å². The highest BCUT2D eigenvalue weighted by molar-refractivity contribution is 5.72. The summed E-state index contributed by atoms with van der Waals surface area (Å²) in [5.41, 5.74) is 2.33. The molecule has 0 radical (unpaired) electrons. The molecule has 5 heteroatoms. The number of ether oxygens (including phenoxy) is 1. The van der Waals surface area contributed by atoms with Crippen LogP contribution in [0.3, 0.4) is 0 Å². The highest BCUT2D eigenvalue weighted by Crippen LogP contribution is 2.25. The largest absolute Gasteiger partial charge is 0.466 e. The van der Waals surface area contributed by atoms with Crippen molar-refractivity contribution in [1.82, 2.24) is 15.5 Å². The van der Waals surface area contributed by atoms with E-state index >= 15 is 0 Å². The van der Waals surface area contributed by atoms with Gasteiger partial charge in [-0.15, -0.1) is 0 Å². The predicted octanol–water partition coefficient (Wildman–Crippen LogP) is 1.93. The number of aromatic nitrogens is 2. The molecule has 2 rings (SSSR count). The van der Waals surface area contributed by atoms with Crippen molar-refractivity contribution >= 4 is 5.97 Å². The maximum absolute atomic E-state index is 11.6. The van der Waals surface area contributed by atoms with Crippen LogP contribution in [0, 0.1) is 12.8 Å². The van der Waals surface area contributed by atoms with Crippen molar-refractivity contribution in [1.29, 1.82) is 0 Å². The zero-order chi connectivity index (χ0) is 13.7. The average Bonchev–Trinajstić information content (AvgIpc) is 2.83. The third-order valence-corrected chi connectivity index (χ3v) is 3.86. The number of H-pyrrole nitrogens is 1. The Kier molecular flexibility index (Phi) is 4.96. The molecule has 0 spiro atoms.